The number of carbonyl (C=O) groups is 1. The van der Waals surface area contributed by atoms with Crippen molar-refractivity contribution in [3.63, 3.8) is 0 Å². The fourth-order valence-corrected chi connectivity index (χ4v) is 3.13. The molecule has 0 saturated heterocycles. The van der Waals surface area contributed by atoms with Crippen LogP contribution in [0, 0.1) is 0 Å². The van der Waals surface area contributed by atoms with Gasteiger partial charge in [0.1, 0.15) is 0 Å². The molecule has 0 radical (unpaired) electrons. The predicted molar refractivity (Wildman–Crippen MR) is 98.9 cm³/mol. The third kappa shape index (κ3) is 28.4. The van der Waals surface area contributed by atoms with Gasteiger partial charge >= 0.3 is 119 Å². The van der Waals surface area contributed by atoms with E-state index in [0.717, 1.165) is 64.2 Å². The molecule has 0 saturated carbocycles. The van der Waals surface area contributed by atoms with Gasteiger partial charge in [-0.05, 0) is 32.1 Å². The summed E-state index contributed by atoms with van der Waals surface area (Å²) in [5, 5.41) is 8.54. The zero-order valence-corrected chi connectivity index (χ0v) is 24.4. The van der Waals surface area contributed by atoms with Crippen molar-refractivity contribution in [1.82, 2.24) is 0 Å². The molecule has 0 aromatic heterocycles. The Morgan fingerprint density at radius 2 is 1.56 bits per heavy atom. The second-order valence-electron chi connectivity index (χ2n) is 6.40. The third-order valence-corrected chi connectivity index (χ3v) is 4.48. The average molecular weight is 457 g/mol. The number of hydrogen-bond acceptors (Lipinski definition) is 4. The third-order valence-electron chi connectivity index (χ3n) is 3.96. The van der Waals surface area contributed by atoms with E-state index in [0.29, 0.717) is 12.8 Å². The molecule has 0 aliphatic rings. The maximum Gasteiger partial charge on any atom is 1.00 e. The molecule has 0 aromatic rings. The van der Waals surface area contributed by atoms with E-state index in [2.05, 4.69) is 6.92 Å². The van der Waals surface area contributed by atoms with Gasteiger partial charge in [-0.2, -0.15) is 8.42 Å². The standard InChI is InChI=1S/C18H34O6S.2K/c1-2-3-4-11-14-17(24-25(21,22)23)15-12-9-7-5-6-8-10-13-16-18(19)20;;/h9,12,17H,2-8,10-11,13-16H2,1H3,(H,19,20)(H,21,22,23);;/q;2*+1/b12-9+;;. The molecule has 2 N–H and O–H groups in total. The first-order valence-electron chi connectivity index (χ1n) is 9.37. The molecule has 0 aromatic carbocycles. The van der Waals surface area contributed by atoms with Crippen LogP contribution in [-0.2, 0) is 19.4 Å². The van der Waals surface area contributed by atoms with Crippen LogP contribution < -0.4 is 103 Å². The van der Waals surface area contributed by atoms with Crippen molar-refractivity contribution in [2.45, 2.75) is 96.5 Å². The Balaban J connectivity index is -0.00000288. The minimum absolute atomic E-state index is 0. The van der Waals surface area contributed by atoms with E-state index in [4.69, 9.17) is 13.8 Å². The molecule has 0 rings (SSSR count). The Morgan fingerprint density at radius 3 is 2.15 bits per heavy atom. The molecule has 1 unspecified atom stereocenters. The Kier molecular flexibility index (Phi) is 29.0. The van der Waals surface area contributed by atoms with Crippen LogP contribution >= 0.6 is 0 Å². The molecule has 0 aliphatic carbocycles. The normalized spacial score (nSPS) is 12.4. The van der Waals surface area contributed by atoms with Gasteiger partial charge in [-0.3, -0.25) is 9.35 Å². The SMILES string of the molecule is CCCCCCC(C/C=C/CCCCCCCC(=O)O)OS(=O)(=O)O.[K+].[K+]. The second kappa shape index (κ2) is 23.0. The first-order valence-corrected chi connectivity index (χ1v) is 10.7. The summed E-state index contributed by atoms with van der Waals surface area (Å²) in [5.41, 5.74) is 0. The summed E-state index contributed by atoms with van der Waals surface area (Å²) in [6, 6.07) is 0. The summed E-state index contributed by atoms with van der Waals surface area (Å²) >= 11 is 0. The summed E-state index contributed by atoms with van der Waals surface area (Å²) in [4.78, 5) is 10.4. The minimum Gasteiger partial charge on any atom is -0.481 e. The molecule has 1 atom stereocenters. The second-order valence-corrected chi connectivity index (χ2v) is 7.45. The van der Waals surface area contributed by atoms with Gasteiger partial charge in [0.05, 0.1) is 6.10 Å². The van der Waals surface area contributed by atoms with Crippen LogP contribution in [0.1, 0.15) is 90.4 Å². The van der Waals surface area contributed by atoms with Gasteiger partial charge in [0.2, 0.25) is 0 Å². The first kappa shape index (κ1) is 34.0. The number of unbranched alkanes of at least 4 members (excludes halogenated alkanes) is 8. The van der Waals surface area contributed by atoms with Crippen molar-refractivity contribution in [2.75, 3.05) is 0 Å². The molecule has 9 heteroatoms. The summed E-state index contributed by atoms with van der Waals surface area (Å²) in [6.07, 6.45) is 14.6. The van der Waals surface area contributed by atoms with Crippen molar-refractivity contribution in [3.8, 4) is 0 Å². The van der Waals surface area contributed by atoms with Gasteiger partial charge in [0.25, 0.3) is 0 Å². The molecule has 148 valence electrons. The van der Waals surface area contributed by atoms with Gasteiger partial charge in [0, 0.05) is 6.42 Å². The largest absolute Gasteiger partial charge is 1.00 e. The van der Waals surface area contributed by atoms with E-state index in [1.54, 1.807) is 0 Å². The van der Waals surface area contributed by atoms with E-state index >= 15 is 0 Å². The predicted octanol–water partition coefficient (Wildman–Crippen LogP) is -1.09. The van der Waals surface area contributed by atoms with Crippen LogP contribution in [0.15, 0.2) is 12.2 Å². The van der Waals surface area contributed by atoms with Gasteiger partial charge in [-0.25, -0.2) is 4.18 Å². The molecule has 0 amide bonds. The van der Waals surface area contributed by atoms with Gasteiger partial charge in [-0.1, -0.05) is 64.0 Å². The zero-order chi connectivity index (χ0) is 19.0. The molecular formula is C18H34K2O6S+2. The van der Waals surface area contributed by atoms with Gasteiger partial charge < -0.3 is 5.11 Å². The quantitative estimate of drug-likeness (QED) is 0.125. The van der Waals surface area contributed by atoms with E-state index < -0.39 is 22.5 Å². The fraction of sp³-hybridized carbons (Fsp3) is 0.833. The molecular weight excluding hydrogens is 422 g/mol. The molecule has 6 nitrogen and oxygen atoms in total. The van der Waals surface area contributed by atoms with Crippen LogP contribution in [0.3, 0.4) is 0 Å². The van der Waals surface area contributed by atoms with E-state index in [1.165, 1.54) is 0 Å². The molecule has 0 aliphatic heterocycles. The number of rotatable bonds is 17. The average Bonchev–Trinajstić information content (AvgIpc) is 2.51. The molecule has 0 bridgehead atoms. The number of allylic oxidation sites excluding steroid dienone is 1. The van der Waals surface area contributed by atoms with Crippen LogP contribution in [0.25, 0.3) is 0 Å². The van der Waals surface area contributed by atoms with Crippen molar-refractivity contribution in [2.24, 2.45) is 0 Å². The number of aliphatic carboxylic acids is 1. The van der Waals surface area contributed by atoms with Gasteiger partial charge in [0.15, 0.2) is 0 Å². The molecule has 27 heavy (non-hydrogen) atoms. The summed E-state index contributed by atoms with van der Waals surface area (Å²) in [7, 11) is -4.41. The maximum atomic E-state index is 10.9. The molecule has 0 heterocycles. The van der Waals surface area contributed by atoms with E-state index in [-0.39, 0.29) is 109 Å². The summed E-state index contributed by atoms with van der Waals surface area (Å²) in [6.45, 7) is 2.11. The Morgan fingerprint density at radius 1 is 0.963 bits per heavy atom. The van der Waals surface area contributed by atoms with Crippen LogP contribution in [0.2, 0.25) is 0 Å². The van der Waals surface area contributed by atoms with Crippen LogP contribution in [0.5, 0.6) is 0 Å². The summed E-state index contributed by atoms with van der Waals surface area (Å²) < 4.78 is 35.4. The van der Waals surface area contributed by atoms with Crippen molar-refractivity contribution >= 4 is 16.4 Å². The van der Waals surface area contributed by atoms with Crippen molar-refractivity contribution < 1.29 is 130 Å². The van der Waals surface area contributed by atoms with E-state index in [1.807, 2.05) is 12.2 Å². The van der Waals surface area contributed by atoms with Crippen LogP contribution in [0.4, 0.5) is 0 Å². The maximum absolute atomic E-state index is 10.9. The Hall–Kier alpha value is 2.35. The number of carboxylic acids is 1. The fourth-order valence-electron chi connectivity index (χ4n) is 2.61. The monoisotopic (exact) mass is 456 g/mol. The number of carboxylic acid groups (broad SMARTS) is 1. The van der Waals surface area contributed by atoms with E-state index in [9.17, 15) is 13.2 Å². The first-order chi connectivity index (χ1) is 11.8. The Labute approximate surface area is 250 Å². The topological polar surface area (TPSA) is 101 Å². The van der Waals surface area contributed by atoms with Crippen molar-refractivity contribution in [3.05, 3.63) is 12.2 Å². The summed E-state index contributed by atoms with van der Waals surface area (Å²) in [5.74, 6) is -0.737. The van der Waals surface area contributed by atoms with Crippen LogP contribution in [-0.4, -0.2) is 30.2 Å². The Bertz CT molecular complexity index is 468. The van der Waals surface area contributed by atoms with Crippen molar-refractivity contribution in [1.29, 1.82) is 0 Å². The minimum atomic E-state index is -4.41. The van der Waals surface area contributed by atoms with Gasteiger partial charge in [-0.15, -0.1) is 0 Å². The molecule has 0 fully saturated rings. The zero-order valence-electron chi connectivity index (χ0n) is 17.4. The molecule has 0 spiro atoms. The smallest absolute Gasteiger partial charge is 0.481 e. The number of hydrogen-bond donors (Lipinski definition) is 2.